The molecule has 0 fully saturated rings. The van der Waals surface area contributed by atoms with Crippen molar-refractivity contribution in [3.63, 3.8) is 0 Å². The average Bonchev–Trinajstić information content (AvgIpc) is 2.60. The Morgan fingerprint density at radius 2 is 2.31 bits per heavy atom. The summed E-state index contributed by atoms with van der Waals surface area (Å²) in [7, 11) is 1.59. The van der Waals surface area contributed by atoms with Crippen LogP contribution in [0, 0.1) is 0 Å². The van der Waals surface area contributed by atoms with Crippen LogP contribution in [0.3, 0.4) is 0 Å². The van der Waals surface area contributed by atoms with Crippen molar-refractivity contribution in [1.82, 2.24) is 0 Å². The molecule has 1 aromatic carbocycles. The molecule has 1 aromatic rings. The maximum absolute atomic E-state index is 11.6. The minimum atomic E-state index is -0.116. The van der Waals surface area contributed by atoms with Gasteiger partial charge >= 0.3 is 0 Å². The molecule has 0 amide bonds. The number of carbonyl (C=O) groups is 1. The summed E-state index contributed by atoms with van der Waals surface area (Å²) in [6.07, 6.45) is 2.08. The quantitative estimate of drug-likeness (QED) is 0.878. The summed E-state index contributed by atoms with van der Waals surface area (Å²) in [6, 6.07) is 7.25. The molecule has 0 aromatic heterocycles. The smallest absolute Gasteiger partial charge is 0.181 e. The molecular weight excluding hydrogens is 226 g/mol. The van der Waals surface area contributed by atoms with Gasteiger partial charge in [0.1, 0.15) is 0 Å². The number of methoxy groups -OCH3 is 1. The van der Waals surface area contributed by atoms with Crippen LogP contribution in [-0.2, 0) is 9.53 Å². The molecule has 1 aliphatic rings. The molecule has 3 nitrogen and oxygen atoms in total. The first-order chi connectivity index (χ1) is 7.69. The van der Waals surface area contributed by atoms with Crippen LogP contribution < -0.4 is 5.32 Å². The van der Waals surface area contributed by atoms with Crippen LogP contribution in [0.1, 0.15) is 6.42 Å². The Kier molecular flexibility index (Phi) is 3.27. The summed E-state index contributed by atoms with van der Waals surface area (Å²) < 4.78 is 5.11. The number of Topliss-reactive ketones (excluding diaryl/α,β-unsaturated/α-hetero) is 1. The topological polar surface area (TPSA) is 38.3 Å². The van der Waals surface area contributed by atoms with E-state index in [4.69, 9.17) is 16.3 Å². The minimum absolute atomic E-state index is 0.0619. The van der Waals surface area contributed by atoms with E-state index in [1.807, 2.05) is 12.1 Å². The maximum Gasteiger partial charge on any atom is 0.181 e. The lowest BCUT2D eigenvalue weighted by Gasteiger charge is -2.05. The van der Waals surface area contributed by atoms with Gasteiger partial charge in [0.15, 0.2) is 5.78 Å². The van der Waals surface area contributed by atoms with Crippen LogP contribution >= 0.6 is 11.6 Å². The van der Waals surface area contributed by atoms with Crippen molar-refractivity contribution in [2.24, 2.45) is 0 Å². The summed E-state index contributed by atoms with van der Waals surface area (Å²) in [4.78, 5) is 11.6. The van der Waals surface area contributed by atoms with Gasteiger partial charge in [0.05, 0.1) is 11.8 Å². The minimum Gasteiger partial charge on any atom is -0.377 e. The first kappa shape index (κ1) is 11.2. The summed E-state index contributed by atoms with van der Waals surface area (Å²) in [5.41, 5.74) is 1.39. The maximum atomic E-state index is 11.6. The van der Waals surface area contributed by atoms with Gasteiger partial charge in [-0.15, -0.1) is 0 Å². The Bertz CT molecular complexity index is 442. The molecule has 4 heteroatoms. The van der Waals surface area contributed by atoms with Gasteiger partial charge in [0.2, 0.25) is 0 Å². The van der Waals surface area contributed by atoms with Crippen molar-refractivity contribution in [2.75, 3.05) is 12.4 Å². The van der Waals surface area contributed by atoms with Crippen LogP contribution in [0.15, 0.2) is 36.0 Å². The zero-order chi connectivity index (χ0) is 11.5. The molecule has 0 spiro atoms. The first-order valence-electron chi connectivity index (χ1n) is 4.99. The van der Waals surface area contributed by atoms with E-state index in [2.05, 4.69) is 5.32 Å². The van der Waals surface area contributed by atoms with E-state index in [-0.39, 0.29) is 11.9 Å². The number of rotatable bonds is 3. The molecule has 0 heterocycles. The lowest BCUT2D eigenvalue weighted by atomic mass is 10.2. The van der Waals surface area contributed by atoms with Gasteiger partial charge < -0.3 is 10.1 Å². The highest BCUT2D eigenvalue weighted by molar-refractivity contribution is 6.30. The van der Waals surface area contributed by atoms with Crippen LogP contribution in [0.4, 0.5) is 5.69 Å². The molecule has 0 aliphatic heterocycles. The number of hydrogen-bond acceptors (Lipinski definition) is 3. The van der Waals surface area contributed by atoms with E-state index in [0.717, 1.165) is 5.69 Å². The summed E-state index contributed by atoms with van der Waals surface area (Å²) in [6.45, 7) is 0. The molecule has 0 saturated heterocycles. The summed E-state index contributed by atoms with van der Waals surface area (Å²) >= 11 is 5.85. The van der Waals surface area contributed by atoms with E-state index in [1.54, 1.807) is 25.3 Å². The van der Waals surface area contributed by atoms with Crippen LogP contribution in [0.25, 0.3) is 0 Å². The summed E-state index contributed by atoms with van der Waals surface area (Å²) in [5.74, 6) is 0.0619. The first-order valence-corrected chi connectivity index (χ1v) is 5.37. The fourth-order valence-electron chi connectivity index (χ4n) is 1.61. The number of nitrogens with one attached hydrogen (secondary N) is 1. The fraction of sp³-hybridized carbons (Fsp3) is 0.250. The van der Waals surface area contributed by atoms with Crippen molar-refractivity contribution < 1.29 is 9.53 Å². The molecule has 1 atom stereocenters. The van der Waals surface area contributed by atoms with Gasteiger partial charge in [-0.3, -0.25) is 4.79 Å². The fourth-order valence-corrected chi connectivity index (χ4v) is 1.81. The molecule has 0 saturated carbocycles. The Morgan fingerprint density at radius 3 is 2.94 bits per heavy atom. The number of allylic oxidation sites excluding steroid dienone is 1. The van der Waals surface area contributed by atoms with E-state index < -0.39 is 0 Å². The Morgan fingerprint density at radius 1 is 1.50 bits per heavy atom. The van der Waals surface area contributed by atoms with E-state index in [0.29, 0.717) is 17.1 Å². The Hall–Kier alpha value is -1.32. The Balaban J connectivity index is 2.13. The second-order valence-corrected chi connectivity index (χ2v) is 4.05. The van der Waals surface area contributed by atoms with Gasteiger partial charge in [-0.1, -0.05) is 17.7 Å². The van der Waals surface area contributed by atoms with Crippen molar-refractivity contribution in [2.45, 2.75) is 12.5 Å². The predicted octanol–water partition coefficient (Wildman–Crippen LogP) is 2.62. The van der Waals surface area contributed by atoms with Crippen molar-refractivity contribution in [3.05, 3.63) is 41.1 Å². The molecule has 1 N–H and O–H groups in total. The number of benzene rings is 1. The molecule has 0 bridgehead atoms. The largest absolute Gasteiger partial charge is 0.377 e. The standard InChI is InChI=1S/C12H12ClNO2/c1-16-10-6-11(12(15)7-10)14-9-4-2-3-8(13)5-9/h2-6,10,14H,7H2,1H3. The predicted molar refractivity (Wildman–Crippen MR) is 63.6 cm³/mol. The average molecular weight is 238 g/mol. The second-order valence-electron chi connectivity index (χ2n) is 3.62. The van der Waals surface area contributed by atoms with E-state index in [1.165, 1.54) is 0 Å². The molecule has 16 heavy (non-hydrogen) atoms. The van der Waals surface area contributed by atoms with E-state index in [9.17, 15) is 4.79 Å². The molecule has 2 rings (SSSR count). The van der Waals surface area contributed by atoms with Gasteiger partial charge in [-0.2, -0.15) is 0 Å². The molecular formula is C12H12ClNO2. The van der Waals surface area contributed by atoms with Crippen LogP contribution in [0.5, 0.6) is 0 Å². The van der Waals surface area contributed by atoms with Gasteiger partial charge in [0, 0.05) is 24.2 Å². The highest BCUT2D eigenvalue weighted by Crippen LogP contribution is 2.21. The van der Waals surface area contributed by atoms with Gasteiger partial charge in [0.25, 0.3) is 0 Å². The third-order valence-electron chi connectivity index (χ3n) is 2.45. The molecule has 1 unspecified atom stereocenters. The van der Waals surface area contributed by atoms with E-state index >= 15 is 0 Å². The number of anilines is 1. The summed E-state index contributed by atoms with van der Waals surface area (Å²) in [5, 5.41) is 3.68. The van der Waals surface area contributed by atoms with Crippen molar-refractivity contribution >= 4 is 23.1 Å². The number of halogens is 1. The Labute approximate surface area is 99.1 Å². The third-order valence-corrected chi connectivity index (χ3v) is 2.68. The molecule has 1 aliphatic carbocycles. The van der Waals surface area contributed by atoms with Crippen LogP contribution in [0.2, 0.25) is 5.02 Å². The number of carbonyl (C=O) groups excluding carboxylic acids is 1. The molecule has 84 valence electrons. The highest BCUT2D eigenvalue weighted by Gasteiger charge is 2.23. The third kappa shape index (κ3) is 2.43. The lowest BCUT2D eigenvalue weighted by Crippen LogP contribution is -2.08. The zero-order valence-electron chi connectivity index (χ0n) is 8.87. The SMILES string of the molecule is COC1C=C(Nc2cccc(Cl)c2)C(=O)C1. The van der Waals surface area contributed by atoms with Gasteiger partial charge in [-0.25, -0.2) is 0 Å². The lowest BCUT2D eigenvalue weighted by molar-refractivity contribution is -0.115. The molecule has 0 radical (unpaired) electrons. The monoisotopic (exact) mass is 237 g/mol. The van der Waals surface area contributed by atoms with Gasteiger partial charge in [-0.05, 0) is 24.3 Å². The normalized spacial score (nSPS) is 19.8. The number of ether oxygens (including phenoxy) is 1. The number of ketones is 1. The zero-order valence-corrected chi connectivity index (χ0v) is 9.62. The second kappa shape index (κ2) is 4.68. The highest BCUT2D eigenvalue weighted by atomic mass is 35.5. The number of hydrogen-bond donors (Lipinski definition) is 1. The van der Waals surface area contributed by atoms with Crippen molar-refractivity contribution in [3.8, 4) is 0 Å². The van der Waals surface area contributed by atoms with Crippen LogP contribution in [-0.4, -0.2) is 19.0 Å². The van der Waals surface area contributed by atoms with Crippen molar-refractivity contribution in [1.29, 1.82) is 0 Å².